The number of hydrogen-bond donors (Lipinski definition) is 2. The molecule has 3 rings (SSSR count). The molecule has 1 amide bonds. The van der Waals surface area contributed by atoms with Crippen LogP contribution in [0.1, 0.15) is 18.1 Å². The van der Waals surface area contributed by atoms with E-state index in [0.29, 0.717) is 17.3 Å². The van der Waals surface area contributed by atoms with Gasteiger partial charge in [-0.1, -0.05) is 41.6 Å². The molecule has 0 saturated heterocycles. The highest BCUT2D eigenvalue weighted by molar-refractivity contribution is 8.14. The molecular weight excluding hydrogens is 334 g/mol. The second kappa shape index (κ2) is 7.49. The van der Waals surface area contributed by atoms with Crippen LogP contribution in [-0.2, 0) is 0 Å². The van der Waals surface area contributed by atoms with Crippen molar-refractivity contribution in [2.24, 2.45) is 5.10 Å². The summed E-state index contributed by atoms with van der Waals surface area (Å²) < 4.78 is 0. The fraction of sp³-hybridized carbons (Fsp3) is 0.375. The van der Waals surface area contributed by atoms with E-state index in [9.17, 15) is 9.90 Å². The normalized spacial score (nSPS) is 20.5. The fourth-order valence-corrected chi connectivity index (χ4v) is 3.40. The highest BCUT2D eigenvalue weighted by Crippen LogP contribution is 2.21. The van der Waals surface area contributed by atoms with Crippen LogP contribution in [0.5, 0.6) is 0 Å². The Hall–Kier alpha value is -1.34. The van der Waals surface area contributed by atoms with E-state index in [1.54, 1.807) is 12.1 Å². The van der Waals surface area contributed by atoms with Crippen molar-refractivity contribution in [1.29, 1.82) is 0 Å². The van der Waals surface area contributed by atoms with E-state index in [0.717, 1.165) is 30.8 Å². The van der Waals surface area contributed by atoms with Gasteiger partial charge in [0.25, 0.3) is 5.24 Å². The minimum atomic E-state index is -0.524. The molecule has 2 aliphatic rings. The summed E-state index contributed by atoms with van der Waals surface area (Å²) in [5.41, 5.74) is 5.52. The summed E-state index contributed by atoms with van der Waals surface area (Å²) in [4.78, 5) is 13.3. The maximum absolute atomic E-state index is 11.1. The molecule has 2 N–H and O–H groups in total. The molecule has 0 saturated carbocycles. The quantitative estimate of drug-likeness (QED) is 0.875. The molecule has 0 aliphatic carbocycles. The smallest absolute Gasteiger partial charge is 0.299 e. The van der Waals surface area contributed by atoms with E-state index < -0.39 is 6.10 Å². The molecule has 1 aromatic rings. The second-order valence-corrected chi connectivity index (χ2v) is 6.94. The van der Waals surface area contributed by atoms with Gasteiger partial charge in [-0.15, -0.1) is 0 Å². The first-order valence-corrected chi connectivity index (χ1v) is 8.83. The number of nitrogens with one attached hydrogen (secondary N) is 1. The number of nitrogens with zero attached hydrogens (tertiary/aromatic N) is 2. The van der Waals surface area contributed by atoms with Crippen LogP contribution in [-0.4, -0.2) is 46.3 Å². The fourth-order valence-electron chi connectivity index (χ4n) is 2.65. The highest BCUT2D eigenvalue weighted by Gasteiger charge is 2.21. The SMILES string of the molecule is O=C1NN=C(C2=CCN(CC(O)c3ccc(Cl)cc3)CC2)CS1. The number of β-amino-alcohol motifs (C(OH)–C–C–N with tert-alkyl or cyclic N) is 1. The summed E-state index contributed by atoms with van der Waals surface area (Å²) in [5, 5.41) is 15.0. The van der Waals surface area contributed by atoms with Crippen LogP contribution in [0, 0.1) is 0 Å². The molecule has 7 heteroatoms. The summed E-state index contributed by atoms with van der Waals surface area (Å²) in [5.74, 6) is 0.630. The van der Waals surface area contributed by atoms with Gasteiger partial charge in [0.15, 0.2) is 0 Å². The van der Waals surface area contributed by atoms with Crippen molar-refractivity contribution in [3.05, 3.63) is 46.5 Å². The zero-order valence-corrected chi connectivity index (χ0v) is 14.1. The van der Waals surface area contributed by atoms with Gasteiger partial charge < -0.3 is 5.11 Å². The lowest BCUT2D eigenvalue weighted by molar-refractivity contribution is 0.118. The minimum Gasteiger partial charge on any atom is -0.387 e. The van der Waals surface area contributed by atoms with Crippen molar-refractivity contribution in [2.75, 3.05) is 25.4 Å². The highest BCUT2D eigenvalue weighted by atomic mass is 35.5. The zero-order chi connectivity index (χ0) is 16.2. The van der Waals surface area contributed by atoms with Crippen molar-refractivity contribution in [2.45, 2.75) is 12.5 Å². The van der Waals surface area contributed by atoms with Gasteiger partial charge in [-0.3, -0.25) is 9.69 Å². The van der Waals surface area contributed by atoms with Gasteiger partial charge in [-0.2, -0.15) is 5.10 Å². The second-order valence-electron chi connectivity index (χ2n) is 5.55. The lowest BCUT2D eigenvalue weighted by atomic mass is 10.0. The Morgan fingerprint density at radius 2 is 2.17 bits per heavy atom. The number of aliphatic hydroxyl groups is 1. The first-order valence-electron chi connectivity index (χ1n) is 7.46. The molecule has 1 unspecified atom stereocenters. The molecular formula is C16H18ClN3O2S. The van der Waals surface area contributed by atoms with Crippen LogP contribution in [0.15, 0.2) is 41.0 Å². The van der Waals surface area contributed by atoms with Gasteiger partial charge in [0.05, 0.1) is 11.8 Å². The van der Waals surface area contributed by atoms with Crippen LogP contribution >= 0.6 is 23.4 Å². The summed E-state index contributed by atoms with van der Waals surface area (Å²) in [6, 6.07) is 7.30. The number of halogens is 1. The molecule has 0 spiro atoms. The van der Waals surface area contributed by atoms with E-state index >= 15 is 0 Å². The van der Waals surface area contributed by atoms with Crippen LogP contribution < -0.4 is 5.43 Å². The van der Waals surface area contributed by atoms with Crippen molar-refractivity contribution >= 4 is 34.3 Å². The average molecular weight is 352 g/mol. The lowest BCUT2D eigenvalue weighted by Crippen LogP contribution is -2.35. The van der Waals surface area contributed by atoms with Crippen molar-refractivity contribution in [3.63, 3.8) is 0 Å². The molecule has 23 heavy (non-hydrogen) atoms. The Balaban J connectivity index is 1.56. The minimum absolute atomic E-state index is 0.0992. The van der Waals surface area contributed by atoms with Gasteiger partial charge >= 0.3 is 0 Å². The van der Waals surface area contributed by atoms with Crippen LogP contribution in [0.4, 0.5) is 4.79 Å². The molecule has 1 aromatic carbocycles. The number of carbonyl (C=O) groups is 1. The largest absolute Gasteiger partial charge is 0.387 e. The molecule has 2 aliphatic heterocycles. The number of thioether (sulfide) groups is 1. The predicted octanol–water partition coefficient (Wildman–Crippen LogP) is 2.82. The lowest BCUT2D eigenvalue weighted by Gasteiger charge is -2.29. The molecule has 0 radical (unpaired) electrons. The van der Waals surface area contributed by atoms with Crippen LogP contribution in [0.2, 0.25) is 5.02 Å². The number of benzene rings is 1. The number of carbonyl (C=O) groups excluding carboxylic acids is 1. The van der Waals surface area contributed by atoms with Crippen LogP contribution in [0.25, 0.3) is 0 Å². The number of aliphatic hydroxyl groups excluding tert-OH is 1. The molecule has 5 nitrogen and oxygen atoms in total. The van der Waals surface area contributed by atoms with E-state index in [1.807, 2.05) is 12.1 Å². The van der Waals surface area contributed by atoms with E-state index in [1.165, 1.54) is 17.3 Å². The van der Waals surface area contributed by atoms with Gasteiger partial charge in [0.1, 0.15) is 0 Å². The Labute approximate surface area is 144 Å². The number of hydrazone groups is 1. The first kappa shape index (κ1) is 16.5. The Morgan fingerprint density at radius 3 is 2.78 bits per heavy atom. The van der Waals surface area contributed by atoms with Crippen LogP contribution in [0.3, 0.4) is 0 Å². The monoisotopic (exact) mass is 351 g/mol. The topological polar surface area (TPSA) is 64.9 Å². The van der Waals surface area contributed by atoms with E-state index in [4.69, 9.17) is 11.6 Å². The summed E-state index contributed by atoms with van der Waals surface area (Å²) in [6.07, 6.45) is 2.49. The summed E-state index contributed by atoms with van der Waals surface area (Å²) in [7, 11) is 0. The third kappa shape index (κ3) is 4.35. The number of amides is 1. The Morgan fingerprint density at radius 1 is 1.39 bits per heavy atom. The Bertz CT molecular complexity index is 645. The molecule has 0 aromatic heterocycles. The third-order valence-corrected chi connectivity index (χ3v) is 5.00. The maximum Gasteiger partial charge on any atom is 0.299 e. The van der Waals surface area contributed by atoms with Gasteiger partial charge in [-0.05, 0) is 29.7 Å². The van der Waals surface area contributed by atoms with Gasteiger partial charge in [-0.25, -0.2) is 5.43 Å². The van der Waals surface area contributed by atoms with Gasteiger partial charge in [0.2, 0.25) is 0 Å². The molecule has 2 heterocycles. The van der Waals surface area contributed by atoms with Crippen molar-refractivity contribution < 1.29 is 9.90 Å². The van der Waals surface area contributed by atoms with E-state index in [2.05, 4.69) is 21.5 Å². The number of hydrogen-bond acceptors (Lipinski definition) is 5. The predicted molar refractivity (Wildman–Crippen MR) is 94.0 cm³/mol. The maximum atomic E-state index is 11.1. The summed E-state index contributed by atoms with van der Waals surface area (Å²) in [6.45, 7) is 2.23. The summed E-state index contributed by atoms with van der Waals surface area (Å²) >= 11 is 7.11. The zero-order valence-electron chi connectivity index (χ0n) is 12.5. The van der Waals surface area contributed by atoms with Crippen molar-refractivity contribution in [1.82, 2.24) is 10.3 Å². The first-order chi connectivity index (χ1) is 11.1. The molecule has 0 bridgehead atoms. The average Bonchev–Trinajstić information content (AvgIpc) is 2.57. The standard InChI is InChI=1S/C16H18ClN3O2S/c17-13-3-1-12(2-4-13)15(21)9-20-7-5-11(6-8-20)14-10-23-16(22)19-18-14/h1-5,15,21H,6-10H2,(H,19,22). The molecule has 122 valence electrons. The Kier molecular flexibility index (Phi) is 5.38. The third-order valence-electron chi connectivity index (χ3n) is 3.97. The van der Waals surface area contributed by atoms with Gasteiger partial charge in [0, 0.05) is 30.4 Å². The van der Waals surface area contributed by atoms with E-state index in [-0.39, 0.29) is 5.24 Å². The molecule has 1 atom stereocenters. The van der Waals surface area contributed by atoms with Crippen molar-refractivity contribution in [3.8, 4) is 0 Å². The number of rotatable bonds is 4. The molecule has 0 fully saturated rings.